The number of piperidine rings is 1. The number of nitrogens with zero attached hydrogens (tertiary/aromatic N) is 6. The van der Waals surface area contributed by atoms with Crippen LogP contribution in [0.5, 0.6) is 0 Å². The van der Waals surface area contributed by atoms with Crippen molar-refractivity contribution < 1.29 is 0 Å². The minimum absolute atomic E-state index is 0.0481. The van der Waals surface area contributed by atoms with Gasteiger partial charge in [0.05, 0.1) is 28.3 Å². The predicted octanol–water partition coefficient (Wildman–Crippen LogP) is 4.55. The maximum atomic E-state index is 6.75. The number of hydrogen-bond donors (Lipinski definition) is 1. The fourth-order valence-electron chi connectivity index (χ4n) is 5.84. The summed E-state index contributed by atoms with van der Waals surface area (Å²) in [5, 5.41) is 5.33. The fourth-order valence-corrected chi connectivity index (χ4v) is 6.17. The molecule has 1 spiro atoms. The normalized spacial score (nSPS) is 19.2. The van der Waals surface area contributed by atoms with Crippen LogP contribution in [0.4, 0.5) is 5.82 Å². The summed E-state index contributed by atoms with van der Waals surface area (Å²) in [6.07, 6.45) is 9.29. The molecule has 0 radical (unpaired) electrons. The van der Waals surface area contributed by atoms with Gasteiger partial charge >= 0.3 is 0 Å². The van der Waals surface area contributed by atoms with Crippen LogP contribution in [0.25, 0.3) is 16.8 Å². The molecule has 0 unspecified atom stereocenters. The van der Waals surface area contributed by atoms with E-state index in [9.17, 15) is 0 Å². The molecule has 7 nitrogen and oxygen atoms in total. The highest BCUT2D eigenvalue weighted by Gasteiger charge is 2.46. The van der Waals surface area contributed by atoms with Crippen LogP contribution in [0.3, 0.4) is 0 Å². The Kier molecular flexibility index (Phi) is 5.08. The quantitative estimate of drug-likeness (QED) is 0.469. The number of anilines is 1. The molecule has 8 heteroatoms. The molecule has 1 aliphatic carbocycles. The van der Waals surface area contributed by atoms with Crippen LogP contribution in [0.2, 0.25) is 5.02 Å². The lowest BCUT2D eigenvalue weighted by Crippen LogP contribution is -2.44. The first kappa shape index (κ1) is 21.5. The van der Waals surface area contributed by atoms with Crippen molar-refractivity contribution in [1.29, 1.82) is 0 Å². The highest BCUT2D eigenvalue weighted by atomic mass is 35.5. The third-order valence-electron chi connectivity index (χ3n) is 7.75. The Morgan fingerprint density at radius 1 is 1.12 bits per heavy atom. The molecule has 4 aromatic rings. The van der Waals surface area contributed by atoms with Crippen molar-refractivity contribution >= 4 is 22.9 Å². The van der Waals surface area contributed by atoms with Crippen molar-refractivity contribution in [1.82, 2.24) is 24.6 Å². The van der Waals surface area contributed by atoms with Crippen molar-refractivity contribution in [3.05, 3.63) is 70.5 Å². The monoisotopic (exact) mass is 473 g/mol. The zero-order valence-corrected chi connectivity index (χ0v) is 20.3. The van der Waals surface area contributed by atoms with E-state index < -0.39 is 0 Å². The van der Waals surface area contributed by atoms with E-state index in [1.54, 1.807) is 0 Å². The molecule has 1 fully saturated rings. The molecule has 6 rings (SSSR count). The molecule has 1 atom stereocenters. The number of pyridine rings is 2. The third-order valence-corrected chi connectivity index (χ3v) is 8.17. The van der Waals surface area contributed by atoms with E-state index in [0.29, 0.717) is 5.02 Å². The molecule has 4 aromatic heterocycles. The summed E-state index contributed by atoms with van der Waals surface area (Å²) in [6, 6.07) is 8.17. The Labute approximate surface area is 204 Å². The Hall–Kier alpha value is -3.03. The molecule has 174 valence electrons. The van der Waals surface area contributed by atoms with Gasteiger partial charge in [-0.15, -0.1) is 0 Å². The van der Waals surface area contributed by atoms with Crippen molar-refractivity contribution in [2.24, 2.45) is 11.1 Å². The second kappa shape index (κ2) is 8.03. The number of halogens is 1. The largest absolute Gasteiger partial charge is 0.355 e. The van der Waals surface area contributed by atoms with Gasteiger partial charge in [-0.3, -0.25) is 9.97 Å². The van der Waals surface area contributed by atoms with Crippen LogP contribution in [-0.2, 0) is 12.8 Å². The SMILES string of the molecule is CCc1nccc(-c2c(C)nc(N3CCC4(CC3)Cc3ncccc3[C@H]4N)c3ccnn23)c1Cl. The number of rotatable bonds is 3. The molecule has 0 bridgehead atoms. The second-order valence-electron chi connectivity index (χ2n) is 9.51. The summed E-state index contributed by atoms with van der Waals surface area (Å²) in [5.74, 6) is 0.969. The first-order valence-corrected chi connectivity index (χ1v) is 12.3. The van der Waals surface area contributed by atoms with Gasteiger partial charge < -0.3 is 10.6 Å². The van der Waals surface area contributed by atoms with Crippen LogP contribution < -0.4 is 10.6 Å². The van der Waals surface area contributed by atoms with E-state index in [1.165, 1.54) is 11.3 Å². The van der Waals surface area contributed by atoms with E-state index in [-0.39, 0.29) is 11.5 Å². The summed E-state index contributed by atoms with van der Waals surface area (Å²) in [4.78, 5) is 16.5. The molecule has 2 N–H and O–H groups in total. The van der Waals surface area contributed by atoms with Gasteiger partial charge in [0.25, 0.3) is 0 Å². The third kappa shape index (κ3) is 3.14. The van der Waals surface area contributed by atoms with Crippen LogP contribution in [0.15, 0.2) is 42.9 Å². The minimum Gasteiger partial charge on any atom is -0.355 e. The lowest BCUT2D eigenvalue weighted by molar-refractivity contribution is 0.187. The molecular formula is C26H28ClN7. The topological polar surface area (TPSA) is 85.2 Å². The predicted molar refractivity (Wildman–Crippen MR) is 134 cm³/mol. The summed E-state index contributed by atoms with van der Waals surface area (Å²) in [7, 11) is 0. The Balaban J connectivity index is 1.34. The highest BCUT2D eigenvalue weighted by Crippen LogP contribution is 2.50. The van der Waals surface area contributed by atoms with Crippen molar-refractivity contribution in [2.45, 2.75) is 45.6 Å². The van der Waals surface area contributed by atoms with Gasteiger partial charge in [0.1, 0.15) is 5.52 Å². The Morgan fingerprint density at radius 2 is 1.94 bits per heavy atom. The zero-order valence-electron chi connectivity index (χ0n) is 19.5. The van der Waals surface area contributed by atoms with Crippen LogP contribution in [0, 0.1) is 12.3 Å². The van der Waals surface area contributed by atoms with Gasteiger partial charge in [-0.1, -0.05) is 24.6 Å². The first-order valence-electron chi connectivity index (χ1n) is 11.9. The Bertz CT molecular complexity index is 1390. The van der Waals surface area contributed by atoms with Gasteiger partial charge in [0, 0.05) is 42.8 Å². The lowest BCUT2D eigenvalue weighted by atomic mass is 9.73. The van der Waals surface area contributed by atoms with Gasteiger partial charge in [0.15, 0.2) is 5.82 Å². The van der Waals surface area contributed by atoms with Crippen LogP contribution in [-0.4, -0.2) is 37.7 Å². The lowest BCUT2D eigenvalue weighted by Gasteiger charge is -2.42. The highest BCUT2D eigenvalue weighted by molar-refractivity contribution is 6.33. The molecular weight excluding hydrogens is 446 g/mol. The molecule has 1 aliphatic heterocycles. The van der Waals surface area contributed by atoms with E-state index in [0.717, 1.165) is 72.8 Å². The maximum Gasteiger partial charge on any atom is 0.155 e. The number of nitrogens with two attached hydrogens (primary N) is 1. The first-order chi connectivity index (χ1) is 16.5. The van der Waals surface area contributed by atoms with Crippen molar-refractivity contribution in [2.75, 3.05) is 18.0 Å². The zero-order chi connectivity index (χ0) is 23.4. The summed E-state index contributed by atoms with van der Waals surface area (Å²) < 4.78 is 1.98. The van der Waals surface area contributed by atoms with Crippen molar-refractivity contribution in [3.63, 3.8) is 0 Å². The van der Waals surface area contributed by atoms with Crippen molar-refractivity contribution in [3.8, 4) is 11.3 Å². The molecule has 0 aromatic carbocycles. The average molecular weight is 474 g/mol. The van der Waals surface area contributed by atoms with Gasteiger partial charge in [0.2, 0.25) is 0 Å². The smallest absolute Gasteiger partial charge is 0.155 e. The van der Waals surface area contributed by atoms with E-state index in [1.807, 2.05) is 48.2 Å². The molecule has 1 saturated heterocycles. The second-order valence-corrected chi connectivity index (χ2v) is 9.89. The number of aromatic nitrogens is 5. The van der Waals surface area contributed by atoms with E-state index in [2.05, 4.69) is 33.0 Å². The average Bonchev–Trinajstić information content (AvgIpc) is 3.44. The molecule has 0 saturated carbocycles. The van der Waals surface area contributed by atoms with Gasteiger partial charge in [-0.05, 0) is 61.8 Å². The maximum absolute atomic E-state index is 6.75. The molecule has 34 heavy (non-hydrogen) atoms. The molecule has 0 amide bonds. The molecule has 5 heterocycles. The summed E-state index contributed by atoms with van der Waals surface area (Å²) in [6.45, 7) is 5.90. The number of aryl methyl sites for hydroxylation is 2. The Morgan fingerprint density at radius 3 is 2.71 bits per heavy atom. The van der Waals surface area contributed by atoms with Crippen LogP contribution in [0.1, 0.15) is 48.5 Å². The standard InChI is InChI=1S/C26H28ClN7/c1-3-19-22(27)18(6-11-30-19)23-16(2)32-25(21-7-12-31-34(21)23)33-13-8-26(9-14-33)15-20-17(24(26)28)5-4-10-29-20/h4-7,10-12,24H,3,8-9,13-15,28H2,1-2H3/t24-/m1/s1. The summed E-state index contributed by atoms with van der Waals surface area (Å²) >= 11 is 6.73. The van der Waals surface area contributed by atoms with Crippen LogP contribution >= 0.6 is 11.6 Å². The molecule has 2 aliphatic rings. The number of fused-ring (bicyclic) bond motifs is 2. The number of hydrogen-bond acceptors (Lipinski definition) is 6. The minimum atomic E-state index is 0.0481. The van der Waals surface area contributed by atoms with Gasteiger partial charge in [-0.25, -0.2) is 9.50 Å². The fraction of sp³-hybridized carbons (Fsp3) is 0.385. The summed E-state index contributed by atoms with van der Waals surface area (Å²) in [5.41, 5.74) is 13.8. The van der Waals surface area contributed by atoms with E-state index >= 15 is 0 Å². The van der Waals surface area contributed by atoms with E-state index in [4.69, 9.17) is 22.3 Å². The van der Waals surface area contributed by atoms with Gasteiger partial charge in [-0.2, -0.15) is 5.10 Å².